The molecule has 0 saturated heterocycles. The minimum Gasteiger partial charge on any atom is -0.495 e. The molecule has 0 bridgehead atoms. The highest BCUT2D eigenvalue weighted by Gasteiger charge is 2.26. The summed E-state index contributed by atoms with van der Waals surface area (Å²) in [5.74, 6) is -0.889. The molecule has 27 heavy (non-hydrogen) atoms. The Labute approximate surface area is 166 Å². The quantitative estimate of drug-likeness (QED) is 0.645. The zero-order valence-corrected chi connectivity index (χ0v) is 17.2. The summed E-state index contributed by atoms with van der Waals surface area (Å²) in [7, 11) is -1.18. The predicted octanol–water partition coefficient (Wildman–Crippen LogP) is 3.22. The average molecular weight is 455 g/mol. The van der Waals surface area contributed by atoms with E-state index in [1.807, 2.05) is 0 Å². The molecule has 0 aliphatic heterocycles. The maximum absolute atomic E-state index is 13.0. The summed E-state index contributed by atoms with van der Waals surface area (Å²) in [5.41, 5.74) is 0.777. The van der Waals surface area contributed by atoms with E-state index in [0.717, 1.165) is 0 Å². The van der Waals surface area contributed by atoms with Gasteiger partial charge in [0.15, 0.2) is 9.84 Å². The van der Waals surface area contributed by atoms with Crippen LogP contribution in [0.3, 0.4) is 0 Å². The van der Waals surface area contributed by atoms with Crippen molar-refractivity contribution >= 4 is 37.8 Å². The van der Waals surface area contributed by atoms with E-state index in [1.165, 1.54) is 32.4 Å². The third kappa shape index (κ3) is 4.77. The minimum absolute atomic E-state index is 0.0568. The van der Waals surface area contributed by atoms with E-state index in [1.54, 1.807) is 30.3 Å². The molecule has 0 aliphatic rings. The van der Waals surface area contributed by atoms with Crippen LogP contribution in [0.1, 0.15) is 21.5 Å². The first-order chi connectivity index (χ1) is 12.9. The van der Waals surface area contributed by atoms with Crippen LogP contribution in [-0.4, -0.2) is 40.3 Å². The summed E-state index contributed by atoms with van der Waals surface area (Å²) in [6.07, 6.45) is 2.99. The topological polar surface area (TPSA) is 89.9 Å². The van der Waals surface area contributed by atoms with Gasteiger partial charge in [-0.25, -0.2) is 13.2 Å². The van der Waals surface area contributed by atoms with Crippen molar-refractivity contribution in [3.8, 4) is 5.75 Å². The highest BCUT2D eigenvalue weighted by Crippen LogP contribution is 2.34. The van der Waals surface area contributed by atoms with Gasteiger partial charge in [0.1, 0.15) is 11.3 Å². The third-order valence-electron chi connectivity index (χ3n) is 3.79. The molecule has 8 heteroatoms. The van der Waals surface area contributed by atoms with Gasteiger partial charge >= 0.3 is 5.97 Å². The van der Waals surface area contributed by atoms with Gasteiger partial charge in [0.2, 0.25) is 0 Å². The van der Waals surface area contributed by atoms with E-state index in [0.29, 0.717) is 10.0 Å². The number of halogens is 1. The van der Waals surface area contributed by atoms with Crippen LogP contribution in [0.25, 0.3) is 6.08 Å². The predicted molar refractivity (Wildman–Crippen MR) is 105 cm³/mol. The third-order valence-corrected chi connectivity index (χ3v) is 6.15. The Balaban J connectivity index is 2.57. The van der Waals surface area contributed by atoms with Crippen LogP contribution in [0.2, 0.25) is 0 Å². The molecule has 2 aromatic carbocycles. The fraction of sp³-hybridized carbons (Fsp3) is 0.211. The number of hydrogen-bond donors (Lipinski definition) is 1. The lowest BCUT2D eigenvalue weighted by molar-refractivity contribution is 0.0596. The maximum atomic E-state index is 13.0. The molecule has 0 saturated carbocycles. The molecule has 0 fully saturated rings. The van der Waals surface area contributed by atoms with Crippen LogP contribution in [-0.2, 0) is 20.3 Å². The van der Waals surface area contributed by atoms with Crippen LogP contribution < -0.4 is 4.74 Å². The van der Waals surface area contributed by atoms with E-state index >= 15 is 0 Å². The maximum Gasteiger partial charge on any atom is 0.342 e. The Morgan fingerprint density at radius 1 is 1.19 bits per heavy atom. The van der Waals surface area contributed by atoms with E-state index in [9.17, 15) is 13.2 Å². The summed E-state index contributed by atoms with van der Waals surface area (Å²) in [6.45, 7) is -0.204. The molecule has 0 spiro atoms. The molecule has 0 aromatic heterocycles. The second-order valence-corrected chi connectivity index (χ2v) is 8.30. The number of esters is 1. The lowest BCUT2D eigenvalue weighted by Gasteiger charge is -2.15. The van der Waals surface area contributed by atoms with Crippen molar-refractivity contribution in [2.45, 2.75) is 10.6 Å². The average Bonchev–Trinajstić information content (AvgIpc) is 2.66. The minimum atomic E-state index is -3.79. The molecule has 2 rings (SSSR count). The molecular formula is C19H19BrO6S. The number of carbonyl (C=O) groups is 1. The molecule has 2 aromatic rings. The SMILES string of the molecule is COC(=O)c1c(CS(=O)(=O)c2ccccc2C=CCO)ccc(Br)c1OC. The Kier molecular flexibility index (Phi) is 7.18. The van der Waals surface area contributed by atoms with Crippen molar-refractivity contribution in [3.05, 3.63) is 63.6 Å². The number of benzene rings is 2. The Bertz CT molecular complexity index is 966. The summed E-state index contributed by atoms with van der Waals surface area (Å²) >= 11 is 3.29. The van der Waals surface area contributed by atoms with Crippen LogP contribution in [0, 0.1) is 0 Å². The van der Waals surface area contributed by atoms with E-state index < -0.39 is 21.6 Å². The Hall–Kier alpha value is -2.16. The number of carbonyl (C=O) groups excluding carboxylic acids is 1. The monoisotopic (exact) mass is 454 g/mol. The van der Waals surface area contributed by atoms with Crippen molar-refractivity contribution in [3.63, 3.8) is 0 Å². The molecule has 0 atom stereocenters. The lowest BCUT2D eigenvalue weighted by Crippen LogP contribution is -2.13. The number of aliphatic hydroxyl groups excluding tert-OH is 1. The first-order valence-corrected chi connectivity index (χ1v) is 10.3. The number of methoxy groups -OCH3 is 2. The van der Waals surface area contributed by atoms with E-state index in [4.69, 9.17) is 14.6 Å². The number of rotatable bonds is 7. The second kappa shape index (κ2) is 9.16. The summed E-state index contributed by atoms with van der Waals surface area (Å²) in [6, 6.07) is 9.62. The first kappa shape index (κ1) is 21.1. The van der Waals surface area contributed by atoms with Crippen molar-refractivity contribution in [1.82, 2.24) is 0 Å². The molecular weight excluding hydrogens is 436 g/mol. The van der Waals surface area contributed by atoms with Gasteiger partial charge < -0.3 is 14.6 Å². The van der Waals surface area contributed by atoms with Crippen LogP contribution in [0.5, 0.6) is 5.75 Å². The smallest absolute Gasteiger partial charge is 0.342 e. The van der Waals surface area contributed by atoms with Crippen LogP contribution in [0.15, 0.2) is 51.8 Å². The number of ether oxygens (including phenoxy) is 2. The van der Waals surface area contributed by atoms with Crippen molar-refractivity contribution in [2.75, 3.05) is 20.8 Å². The van der Waals surface area contributed by atoms with Gasteiger partial charge in [0.25, 0.3) is 0 Å². The molecule has 0 radical (unpaired) electrons. The van der Waals surface area contributed by atoms with Gasteiger partial charge in [-0.1, -0.05) is 36.4 Å². The zero-order chi connectivity index (χ0) is 20.0. The number of hydrogen-bond acceptors (Lipinski definition) is 6. The van der Waals surface area contributed by atoms with E-state index in [2.05, 4.69) is 15.9 Å². The lowest BCUT2D eigenvalue weighted by atomic mass is 10.1. The highest BCUT2D eigenvalue weighted by molar-refractivity contribution is 9.10. The first-order valence-electron chi connectivity index (χ1n) is 7.88. The fourth-order valence-electron chi connectivity index (χ4n) is 2.61. The molecule has 1 N–H and O–H groups in total. The van der Waals surface area contributed by atoms with Crippen molar-refractivity contribution in [1.29, 1.82) is 0 Å². The zero-order valence-electron chi connectivity index (χ0n) is 14.8. The number of aliphatic hydroxyl groups is 1. The molecule has 0 amide bonds. The standard InChI is InChI=1S/C19H19BrO6S/c1-25-18-15(20)10-9-14(17(18)19(22)26-2)12-27(23,24)16-8-4-3-6-13(16)7-5-11-21/h3-10,21H,11-12H2,1-2H3. The summed E-state index contributed by atoms with van der Waals surface area (Å²) in [4.78, 5) is 12.3. The summed E-state index contributed by atoms with van der Waals surface area (Å²) < 4.78 is 36.6. The van der Waals surface area contributed by atoms with Crippen LogP contribution in [0.4, 0.5) is 0 Å². The normalized spacial score (nSPS) is 11.6. The fourth-order valence-corrected chi connectivity index (χ4v) is 4.69. The van der Waals surface area contributed by atoms with Gasteiger partial charge in [-0.2, -0.15) is 0 Å². The summed E-state index contributed by atoms with van der Waals surface area (Å²) in [5, 5.41) is 8.96. The van der Waals surface area contributed by atoms with Crippen molar-refractivity contribution < 1.29 is 27.8 Å². The van der Waals surface area contributed by atoms with Crippen LogP contribution >= 0.6 is 15.9 Å². The van der Waals surface area contributed by atoms with Gasteiger partial charge in [-0.15, -0.1) is 0 Å². The van der Waals surface area contributed by atoms with Gasteiger partial charge in [0.05, 0.1) is 35.9 Å². The molecule has 0 unspecified atom stereocenters. The molecule has 0 heterocycles. The highest BCUT2D eigenvalue weighted by atomic mass is 79.9. The van der Waals surface area contributed by atoms with Gasteiger partial charge in [-0.05, 0) is 39.2 Å². The Morgan fingerprint density at radius 3 is 2.52 bits per heavy atom. The molecule has 6 nitrogen and oxygen atoms in total. The van der Waals surface area contributed by atoms with Gasteiger partial charge in [0, 0.05) is 0 Å². The van der Waals surface area contributed by atoms with Crippen molar-refractivity contribution in [2.24, 2.45) is 0 Å². The second-order valence-electron chi connectivity index (χ2n) is 5.49. The van der Waals surface area contributed by atoms with Gasteiger partial charge in [-0.3, -0.25) is 0 Å². The largest absolute Gasteiger partial charge is 0.495 e. The molecule has 144 valence electrons. The Morgan fingerprint density at radius 2 is 1.89 bits per heavy atom. The number of sulfone groups is 1. The molecule has 0 aliphatic carbocycles. The van der Waals surface area contributed by atoms with E-state index in [-0.39, 0.29) is 28.4 Å².